The number of nitrogens with zero attached hydrogens (tertiary/aromatic N) is 1. The van der Waals surface area contributed by atoms with Crippen LogP contribution in [0.25, 0.3) is 0 Å². The van der Waals surface area contributed by atoms with Gasteiger partial charge in [0, 0.05) is 30.4 Å². The molecular weight excluding hydrogens is 248 g/mol. The van der Waals surface area contributed by atoms with Gasteiger partial charge in [-0.2, -0.15) is 0 Å². The predicted octanol–water partition coefficient (Wildman–Crippen LogP) is 3.69. The first-order valence-electron chi connectivity index (χ1n) is 7.69. The highest BCUT2D eigenvalue weighted by molar-refractivity contribution is 5.50. The standard InChI is InChI=1S/C17H30N2O/c1-6-19(7-2)15-10-8-11-16(14-15)20-13-9-12-18-17(3,4)5/h8,10-11,14,18H,6-7,9,12-13H2,1-5H3. The van der Waals surface area contributed by atoms with E-state index in [0.717, 1.165) is 38.4 Å². The van der Waals surface area contributed by atoms with Crippen molar-refractivity contribution in [2.24, 2.45) is 0 Å². The summed E-state index contributed by atoms with van der Waals surface area (Å²) >= 11 is 0. The molecule has 3 nitrogen and oxygen atoms in total. The molecule has 1 aromatic carbocycles. The third-order valence-electron chi connectivity index (χ3n) is 3.19. The Morgan fingerprint density at radius 3 is 2.45 bits per heavy atom. The smallest absolute Gasteiger partial charge is 0.121 e. The number of benzene rings is 1. The molecular formula is C17H30N2O. The third-order valence-corrected chi connectivity index (χ3v) is 3.19. The monoisotopic (exact) mass is 278 g/mol. The van der Waals surface area contributed by atoms with E-state index < -0.39 is 0 Å². The summed E-state index contributed by atoms with van der Waals surface area (Å²) in [7, 11) is 0. The van der Waals surface area contributed by atoms with Crippen molar-refractivity contribution in [3.63, 3.8) is 0 Å². The average Bonchev–Trinajstić information content (AvgIpc) is 2.39. The summed E-state index contributed by atoms with van der Waals surface area (Å²) in [5, 5.41) is 3.47. The summed E-state index contributed by atoms with van der Waals surface area (Å²) in [6.07, 6.45) is 1.02. The molecule has 0 saturated carbocycles. The summed E-state index contributed by atoms with van der Waals surface area (Å²) in [6.45, 7) is 14.7. The molecule has 0 aliphatic heterocycles. The van der Waals surface area contributed by atoms with Crippen molar-refractivity contribution >= 4 is 5.69 Å². The normalized spacial score (nSPS) is 11.4. The Hall–Kier alpha value is -1.22. The minimum atomic E-state index is 0.183. The molecule has 3 heteroatoms. The molecule has 0 aromatic heterocycles. The molecule has 1 N–H and O–H groups in total. The van der Waals surface area contributed by atoms with Gasteiger partial charge in [-0.15, -0.1) is 0 Å². The Bertz CT molecular complexity index is 381. The van der Waals surface area contributed by atoms with E-state index in [1.54, 1.807) is 0 Å². The van der Waals surface area contributed by atoms with Crippen LogP contribution in [0.1, 0.15) is 41.0 Å². The van der Waals surface area contributed by atoms with Crippen molar-refractivity contribution in [3.05, 3.63) is 24.3 Å². The summed E-state index contributed by atoms with van der Waals surface area (Å²) in [5.74, 6) is 0.963. The van der Waals surface area contributed by atoms with E-state index in [0.29, 0.717) is 0 Å². The lowest BCUT2D eigenvalue weighted by Crippen LogP contribution is -2.36. The number of hydrogen-bond donors (Lipinski definition) is 1. The first-order valence-corrected chi connectivity index (χ1v) is 7.69. The number of rotatable bonds is 8. The second-order valence-corrected chi connectivity index (χ2v) is 6.05. The second-order valence-electron chi connectivity index (χ2n) is 6.05. The first-order chi connectivity index (χ1) is 9.46. The van der Waals surface area contributed by atoms with Crippen LogP contribution in [0.5, 0.6) is 5.75 Å². The van der Waals surface area contributed by atoms with Gasteiger partial charge in [-0.3, -0.25) is 0 Å². The average molecular weight is 278 g/mol. The van der Waals surface area contributed by atoms with Gasteiger partial charge >= 0.3 is 0 Å². The van der Waals surface area contributed by atoms with Crippen LogP contribution in [0.2, 0.25) is 0 Å². The molecule has 0 atom stereocenters. The molecule has 0 aliphatic rings. The lowest BCUT2D eigenvalue weighted by Gasteiger charge is -2.22. The van der Waals surface area contributed by atoms with E-state index in [-0.39, 0.29) is 5.54 Å². The van der Waals surface area contributed by atoms with Gasteiger partial charge in [-0.25, -0.2) is 0 Å². The molecule has 0 heterocycles. The topological polar surface area (TPSA) is 24.5 Å². The van der Waals surface area contributed by atoms with E-state index in [9.17, 15) is 0 Å². The highest BCUT2D eigenvalue weighted by Crippen LogP contribution is 2.21. The lowest BCUT2D eigenvalue weighted by atomic mass is 10.1. The SMILES string of the molecule is CCN(CC)c1cccc(OCCCNC(C)(C)C)c1. The molecule has 114 valence electrons. The maximum absolute atomic E-state index is 5.83. The van der Waals surface area contributed by atoms with Crippen molar-refractivity contribution in [1.29, 1.82) is 0 Å². The highest BCUT2D eigenvalue weighted by Gasteiger charge is 2.07. The zero-order valence-electron chi connectivity index (χ0n) is 13.7. The van der Waals surface area contributed by atoms with Crippen LogP contribution in [0.15, 0.2) is 24.3 Å². The van der Waals surface area contributed by atoms with Crippen molar-refractivity contribution in [2.75, 3.05) is 31.1 Å². The molecule has 0 amide bonds. The molecule has 1 aromatic rings. The van der Waals surface area contributed by atoms with Crippen molar-refractivity contribution in [1.82, 2.24) is 5.32 Å². The highest BCUT2D eigenvalue weighted by atomic mass is 16.5. The maximum atomic E-state index is 5.83. The Morgan fingerprint density at radius 2 is 1.85 bits per heavy atom. The minimum Gasteiger partial charge on any atom is -0.493 e. The van der Waals surface area contributed by atoms with E-state index in [4.69, 9.17) is 4.74 Å². The van der Waals surface area contributed by atoms with Crippen LogP contribution in [-0.2, 0) is 0 Å². The quantitative estimate of drug-likeness (QED) is 0.734. The molecule has 0 saturated heterocycles. The van der Waals surface area contributed by atoms with Gasteiger partial charge in [0.1, 0.15) is 5.75 Å². The van der Waals surface area contributed by atoms with Crippen molar-refractivity contribution in [2.45, 2.75) is 46.6 Å². The number of nitrogens with one attached hydrogen (secondary N) is 1. The van der Waals surface area contributed by atoms with E-state index in [2.05, 4.69) is 63.0 Å². The van der Waals surface area contributed by atoms with Crippen LogP contribution >= 0.6 is 0 Å². The lowest BCUT2D eigenvalue weighted by molar-refractivity contribution is 0.298. The van der Waals surface area contributed by atoms with Gasteiger partial charge in [-0.05, 0) is 59.7 Å². The van der Waals surface area contributed by atoms with Crippen molar-refractivity contribution < 1.29 is 4.74 Å². The summed E-state index contributed by atoms with van der Waals surface area (Å²) in [5.41, 5.74) is 1.42. The number of anilines is 1. The molecule has 1 rings (SSSR count). The van der Waals surface area contributed by atoms with E-state index in [1.807, 2.05) is 6.07 Å². The maximum Gasteiger partial charge on any atom is 0.121 e. The summed E-state index contributed by atoms with van der Waals surface area (Å²) < 4.78 is 5.83. The van der Waals surface area contributed by atoms with Crippen LogP contribution in [0.4, 0.5) is 5.69 Å². The van der Waals surface area contributed by atoms with Gasteiger partial charge in [0.15, 0.2) is 0 Å². The zero-order chi connectivity index (χ0) is 15.0. The fourth-order valence-electron chi connectivity index (χ4n) is 2.08. The molecule has 0 unspecified atom stereocenters. The fraction of sp³-hybridized carbons (Fsp3) is 0.647. The summed E-state index contributed by atoms with van der Waals surface area (Å²) in [6, 6.07) is 8.37. The van der Waals surface area contributed by atoms with Gasteiger partial charge in [-0.1, -0.05) is 6.07 Å². The third kappa shape index (κ3) is 6.29. The molecule has 0 radical (unpaired) electrons. The Balaban J connectivity index is 2.39. The largest absolute Gasteiger partial charge is 0.493 e. The minimum absolute atomic E-state index is 0.183. The van der Waals surface area contributed by atoms with Gasteiger partial charge < -0.3 is 15.0 Å². The first kappa shape index (κ1) is 16.8. The summed E-state index contributed by atoms with van der Waals surface area (Å²) in [4.78, 5) is 2.33. The van der Waals surface area contributed by atoms with Gasteiger partial charge in [0.05, 0.1) is 6.61 Å². The van der Waals surface area contributed by atoms with Crippen LogP contribution in [0, 0.1) is 0 Å². The van der Waals surface area contributed by atoms with Crippen LogP contribution in [-0.4, -0.2) is 31.8 Å². The number of hydrogen-bond acceptors (Lipinski definition) is 3. The molecule has 0 spiro atoms. The Kier molecular flexibility index (Phi) is 6.86. The van der Waals surface area contributed by atoms with Crippen molar-refractivity contribution in [3.8, 4) is 5.75 Å². The van der Waals surface area contributed by atoms with Gasteiger partial charge in [0.25, 0.3) is 0 Å². The predicted molar refractivity (Wildman–Crippen MR) is 87.9 cm³/mol. The fourth-order valence-corrected chi connectivity index (χ4v) is 2.08. The van der Waals surface area contributed by atoms with E-state index >= 15 is 0 Å². The molecule has 0 bridgehead atoms. The van der Waals surface area contributed by atoms with E-state index in [1.165, 1.54) is 5.69 Å². The molecule has 0 aliphatic carbocycles. The number of ether oxygens (including phenoxy) is 1. The Labute approximate surface area is 124 Å². The van der Waals surface area contributed by atoms with Crippen LogP contribution < -0.4 is 15.0 Å². The Morgan fingerprint density at radius 1 is 1.15 bits per heavy atom. The van der Waals surface area contributed by atoms with Gasteiger partial charge in [0.2, 0.25) is 0 Å². The second kappa shape index (κ2) is 8.15. The van der Waals surface area contributed by atoms with Crippen LogP contribution in [0.3, 0.4) is 0 Å². The zero-order valence-corrected chi connectivity index (χ0v) is 13.7. The molecule has 20 heavy (non-hydrogen) atoms. The molecule has 0 fully saturated rings.